The number of Topliss-reactive ketones (excluding diaryl/α,β-unsaturated/α-hetero) is 1. The van der Waals surface area contributed by atoms with Crippen molar-refractivity contribution >= 4 is 11.7 Å². The second-order valence-electron chi connectivity index (χ2n) is 3.26. The Balaban J connectivity index is 2.19. The monoisotopic (exact) mass is 169 g/mol. The Morgan fingerprint density at radius 3 is 3.08 bits per heavy atom. The highest BCUT2D eigenvalue weighted by Gasteiger charge is 2.45. The molecule has 4 nitrogen and oxygen atoms in total. The molecule has 2 fully saturated rings. The Hall–Kier alpha value is -0.900. The van der Waals surface area contributed by atoms with Crippen molar-refractivity contribution in [2.24, 2.45) is 0 Å². The SMILES string of the molecule is CC(=O)N1CC[C@H]2OCC(=O)[C@@H]21. The quantitative estimate of drug-likeness (QED) is 0.494. The molecular formula is C8H11NO3. The molecule has 0 spiro atoms. The van der Waals surface area contributed by atoms with E-state index in [1.165, 1.54) is 6.92 Å². The molecule has 0 N–H and O–H groups in total. The Labute approximate surface area is 70.5 Å². The van der Waals surface area contributed by atoms with E-state index in [2.05, 4.69) is 0 Å². The van der Waals surface area contributed by atoms with Gasteiger partial charge >= 0.3 is 0 Å². The molecule has 0 aromatic carbocycles. The van der Waals surface area contributed by atoms with Crippen LogP contribution in [0, 0.1) is 0 Å². The van der Waals surface area contributed by atoms with Crippen molar-refractivity contribution in [1.82, 2.24) is 4.90 Å². The zero-order chi connectivity index (χ0) is 8.72. The maximum atomic E-state index is 11.3. The first kappa shape index (κ1) is 7.73. The summed E-state index contributed by atoms with van der Waals surface area (Å²) in [4.78, 5) is 23.9. The minimum atomic E-state index is -0.275. The summed E-state index contributed by atoms with van der Waals surface area (Å²) in [6.07, 6.45) is 0.775. The van der Waals surface area contributed by atoms with E-state index in [1.807, 2.05) is 0 Å². The maximum absolute atomic E-state index is 11.3. The zero-order valence-electron chi connectivity index (χ0n) is 6.95. The minimum absolute atomic E-state index is 0.0265. The third-order valence-corrected chi connectivity index (χ3v) is 2.52. The molecule has 0 unspecified atom stereocenters. The van der Waals surface area contributed by atoms with Crippen LogP contribution in [0.25, 0.3) is 0 Å². The van der Waals surface area contributed by atoms with Gasteiger partial charge in [0, 0.05) is 13.5 Å². The van der Waals surface area contributed by atoms with Gasteiger partial charge in [-0.05, 0) is 6.42 Å². The molecule has 0 aromatic heterocycles. The van der Waals surface area contributed by atoms with E-state index in [1.54, 1.807) is 4.90 Å². The number of nitrogens with zero attached hydrogens (tertiary/aromatic N) is 1. The fourth-order valence-corrected chi connectivity index (χ4v) is 1.95. The molecule has 12 heavy (non-hydrogen) atoms. The van der Waals surface area contributed by atoms with E-state index < -0.39 is 0 Å². The average Bonchev–Trinajstić information content (AvgIpc) is 2.53. The molecule has 4 heteroatoms. The summed E-state index contributed by atoms with van der Waals surface area (Å²) in [5, 5.41) is 0. The van der Waals surface area contributed by atoms with Crippen molar-refractivity contribution in [1.29, 1.82) is 0 Å². The average molecular weight is 169 g/mol. The van der Waals surface area contributed by atoms with Crippen LogP contribution in [0.3, 0.4) is 0 Å². The van der Waals surface area contributed by atoms with Crippen LogP contribution in [0.5, 0.6) is 0 Å². The van der Waals surface area contributed by atoms with Crippen LogP contribution >= 0.6 is 0 Å². The fourth-order valence-electron chi connectivity index (χ4n) is 1.95. The largest absolute Gasteiger partial charge is 0.368 e. The predicted octanol–water partition coefficient (Wildman–Crippen LogP) is -0.425. The third kappa shape index (κ3) is 0.948. The van der Waals surface area contributed by atoms with Crippen LogP contribution in [0.15, 0.2) is 0 Å². The first-order valence-electron chi connectivity index (χ1n) is 4.11. The van der Waals surface area contributed by atoms with Crippen LogP contribution in [-0.4, -0.2) is 41.9 Å². The van der Waals surface area contributed by atoms with Crippen LogP contribution in [0.4, 0.5) is 0 Å². The summed E-state index contributed by atoms with van der Waals surface area (Å²) in [6, 6.07) is -0.275. The molecule has 0 bridgehead atoms. The van der Waals surface area contributed by atoms with Crippen molar-refractivity contribution < 1.29 is 14.3 Å². The molecule has 2 aliphatic heterocycles. The lowest BCUT2D eigenvalue weighted by atomic mass is 10.1. The Morgan fingerprint density at radius 1 is 1.67 bits per heavy atom. The fraction of sp³-hybridized carbons (Fsp3) is 0.750. The standard InChI is InChI=1S/C8H11NO3/c1-5(10)9-3-2-7-8(9)6(11)4-12-7/h7-8H,2-4H2,1H3/t7-,8+/m1/s1. The molecule has 2 heterocycles. The number of carbonyl (C=O) groups is 2. The van der Waals surface area contributed by atoms with Crippen molar-refractivity contribution in [3.05, 3.63) is 0 Å². The van der Waals surface area contributed by atoms with E-state index >= 15 is 0 Å². The molecule has 2 rings (SSSR count). The number of carbonyl (C=O) groups excluding carboxylic acids is 2. The molecule has 66 valence electrons. The van der Waals surface area contributed by atoms with E-state index in [4.69, 9.17) is 4.74 Å². The predicted molar refractivity (Wildman–Crippen MR) is 40.5 cm³/mol. The summed E-state index contributed by atoms with van der Waals surface area (Å²) in [6.45, 7) is 2.34. The van der Waals surface area contributed by atoms with Crippen LogP contribution < -0.4 is 0 Å². The molecule has 1 amide bonds. The lowest BCUT2D eigenvalue weighted by molar-refractivity contribution is -0.134. The number of ether oxygens (including phenoxy) is 1. The molecule has 0 aromatic rings. The van der Waals surface area contributed by atoms with Crippen molar-refractivity contribution in [2.45, 2.75) is 25.5 Å². The maximum Gasteiger partial charge on any atom is 0.220 e. The van der Waals surface area contributed by atoms with Gasteiger partial charge in [0.25, 0.3) is 0 Å². The van der Waals surface area contributed by atoms with Gasteiger partial charge in [0.15, 0.2) is 5.78 Å². The number of hydrogen-bond acceptors (Lipinski definition) is 3. The summed E-state index contributed by atoms with van der Waals surface area (Å²) in [5.41, 5.74) is 0. The van der Waals surface area contributed by atoms with Crippen molar-refractivity contribution in [3.8, 4) is 0 Å². The van der Waals surface area contributed by atoms with Gasteiger partial charge in [-0.25, -0.2) is 0 Å². The number of amides is 1. The zero-order valence-corrected chi connectivity index (χ0v) is 6.95. The summed E-state index contributed by atoms with van der Waals surface area (Å²) in [7, 11) is 0. The van der Waals surface area contributed by atoms with Gasteiger partial charge in [0.1, 0.15) is 12.6 Å². The molecule has 0 saturated carbocycles. The topological polar surface area (TPSA) is 46.6 Å². The van der Waals surface area contributed by atoms with Crippen molar-refractivity contribution in [3.63, 3.8) is 0 Å². The van der Waals surface area contributed by atoms with Gasteiger partial charge in [-0.1, -0.05) is 0 Å². The lowest BCUT2D eigenvalue weighted by Crippen LogP contribution is -2.40. The smallest absolute Gasteiger partial charge is 0.220 e. The Bertz CT molecular complexity index is 238. The third-order valence-electron chi connectivity index (χ3n) is 2.52. The normalized spacial score (nSPS) is 34.1. The summed E-state index contributed by atoms with van der Waals surface area (Å²) >= 11 is 0. The van der Waals surface area contributed by atoms with Crippen LogP contribution in [-0.2, 0) is 14.3 Å². The number of likely N-dealkylation sites (tertiary alicyclic amines) is 1. The van der Waals surface area contributed by atoms with Gasteiger partial charge in [-0.15, -0.1) is 0 Å². The molecule has 0 aliphatic carbocycles. The second-order valence-corrected chi connectivity index (χ2v) is 3.26. The van der Waals surface area contributed by atoms with E-state index in [9.17, 15) is 9.59 Å². The highest BCUT2D eigenvalue weighted by atomic mass is 16.5. The highest BCUT2D eigenvalue weighted by molar-refractivity contribution is 5.92. The second kappa shape index (κ2) is 2.55. The van der Waals surface area contributed by atoms with Crippen molar-refractivity contribution in [2.75, 3.05) is 13.2 Å². The van der Waals surface area contributed by atoms with Crippen LogP contribution in [0.1, 0.15) is 13.3 Å². The highest BCUT2D eigenvalue weighted by Crippen LogP contribution is 2.26. The molecular weight excluding hydrogens is 158 g/mol. The number of rotatable bonds is 0. The van der Waals surface area contributed by atoms with Gasteiger partial charge in [-0.3, -0.25) is 9.59 Å². The summed E-state index contributed by atoms with van der Waals surface area (Å²) in [5.74, 6) is 0.0223. The van der Waals surface area contributed by atoms with Gasteiger partial charge in [-0.2, -0.15) is 0 Å². The molecule has 0 radical (unpaired) electrons. The molecule has 2 aliphatic rings. The van der Waals surface area contributed by atoms with Crippen LogP contribution in [0.2, 0.25) is 0 Å². The van der Waals surface area contributed by atoms with E-state index in [0.717, 1.165) is 6.42 Å². The first-order valence-corrected chi connectivity index (χ1v) is 4.11. The minimum Gasteiger partial charge on any atom is -0.368 e. The molecule has 2 atom stereocenters. The number of ketones is 1. The van der Waals surface area contributed by atoms with Gasteiger partial charge in [0.2, 0.25) is 5.91 Å². The number of hydrogen-bond donors (Lipinski definition) is 0. The molecule has 2 saturated heterocycles. The van der Waals surface area contributed by atoms with E-state index in [0.29, 0.717) is 6.54 Å². The van der Waals surface area contributed by atoms with Gasteiger partial charge < -0.3 is 9.64 Å². The Kier molecular flexibility index (Phi) is 1.65. The first-order chi connectivity index (χ1) is 5.70. The number of fused-ring (bicyclic) bond motifs is 1. The lowest BCUT2D eigenvalue weighted by Gasteiger charge is -2.19. The Morgan fingerprint density at radius 2 is 2.42 bits per heavy atom. The van der Waals surface area contributed by atoms with Gasteiger partial charge in [0.05, 0.1) is 6.10 Å². The summed E-state index contributed by atoms with van der Waals surface area (Å²) < 4.78 is 5.23. The van der Waals surface area contributed by atoms with E-state index in [-0.39, 0.29) is 30.4 Å².